The number of fused-ring (bicyclic) bond motifs is 1. The Kier molecular flexibility index (Phi) is 3.12. The number of hydrogen-bond donors (Lipinski definition) is 0. The molecule has 1 fully saturated rings. The minimum Gasteiger partial charge on any atom is -0.488 e. The van der Waals surface area contributed by atoms with Gasteiger partial charge in [0.1, 0.15) is 12.4 Å². The SMILES string of the molecule is O=C(C1=Cc2cc(Br)ccc2OC1)N1CCCC1. The van der Waals surface area contributed by atoms with Crippen molar-refractivity contribution in [3.8, 4) is 5.75 Å². The number of benzene rings is 1. The molecule has 2 aliphatic heterocycles. The lowest BCUT2D eigenvalue weighted by atomic mass is 10.1. The predicted molar refractivity (Wildman–Crippen MR) is 73.4 cm³/mol. The number of carbonyl (C=O) groups is 1. The van der Waals surface area contributed by atoms with E-state index in [0.29, 0.717) is 6.61 Å². The van der Waals surface area contributed by atoms with E-state index >= 15 is 0 Å². The Balaban J connectivity index is 1.88. The minimum atomic E-state index is 0.123. The quantitative estimate of drug-likeness (QED) is 0.798. The van der Waals surface area contributed by atoms with Gasteiger partial charge in [-0.05, 0) is 37.1 Å². The fourth-order valence-corrected chi connectivity index (χ4v) is 2.77. The van der Waals surface area contributed by atoms with Crippen LogP contribution in [0.1, 0.15) is 18.4 Å². The number of amides is 1. The van der Waals surface area contributed by atoms with Gasteiger partial charge in [-0.3, -0.25) is 4.79 Å². The first-order chi connectivity index (χ1) is 8.74. The van der Waals surface area contributed by atoms with Crippen LogP contribution in [0.4, 0.5) is 0 Å². The summed E-state index contributed by atoms with van der Waals surface area (Å²) in [6.07, 6.45) is 4.17. The summed E-state index contributed by atoms with van der Waals surface area (Å²) in [5, 5.41) is 0. The Morgan fingerprint density at radius 3 is 2.83 bits per heavy atom. The average molecular weight is 308 g/mol. The van der Waals surface area contributed by atoms with E-state index in [1.807, 2.05) is 29.2 Å². The molecule has 0 unspecified atom stereocenters. The van der Waals surface area contributed by atoms with E-state index in [0.717, 1.165) is 47.3 Å². The molecule has 2 aliphatic rings. The summed E-state index contributed by atoms with van der Waals surface area (Å²) in [6.45, 7) is 2.13. The number of likely N-dealkylation sites (tertiary alicyclic amines) is 1. The zero-order chi connectivity index (χ0) is 12.5. The third kappa shape index (κ3) is 2.17. The van der Waals surface area contributed by atoms with Gasteiger partial charge in [0.15, 0.2) is 0 Å². The van der Waals surface area contributed by atoms with E-state index < -0.39 is 0 Å². The third-order valence-corrected chi connectivity index (χ3v) is 3.85. The van der Waals surface area contributed by atoms with Gasteiger partial charge in [0.25, 0.3) is 5.91 Å². The van der Waals surface area contributed by atoms with Gasteiger partial charge in [-0.1, -0.05) is 15.9 Å². The molecule has 0 atom stereocenters. The Hall–Kier alpha value is -1.29. The van der Waals surface area contributed by atoms with Crippen molar-refractivity contribution in [3.05, 3.63) is 33.8 Å². The third-order valence-electron chi connectivity index (χ3n) is 3.35. The summed E-state index contributed by atoms with van der Waals surface area (Å²) >= 11 is 3.43. The molecule has 1 amide bonds. The Morgan fingerprint density at radius 1 is 1.28 bits per heavy atom. The maximum atomic E-state index is 12.3. The highest BCUT2D eigenvalue weighted by Crippen LogP contribution is 2.30. The molecular weight excluding hydrogens is 294 g/mol. The van der Waals surface area contributed by atoms with E-state index in [9.17, 15) is 4.79 Å². The molecule has 0 N–H and O–H groups in total. The number of nitrogens with zero attached hydrogens (tertiary/aromatic N) is 1. The minimum absolute atomic E-state index is 0.123. The van der Waals surface area contributed by atoms with Crippen LogP contribution in [-0.4, -0.2) is 30.5 Å². The van der Waals surface area contributed by atoms with Crippen molar-refractivity contribution in [1.82, 2.24) is 4.90 Å². The maximum absolute atomic E-state index is 12.3. The number of ether oxygens (including phenoxy) is 1. The van der Waals surface area contributed by atoms with E-state index in [2.05, 4.69) is 15.9 Å². The average Bonchev–Trinajstić information content (AvgIpc) is 2.90. The summed E-state index contributed by atoms with van der Waals surface area (Å²) < 4.78 is 6.63. The van der Waals surface area contributed by atoms with Gasteiger partial charge in [-0.2, -0.15) is 0 Å². The van der Waals surface area contributed by atoms with Gasteiger partial charge in [-0.25, -0.2) is 0 Å². The molecule has 1 aromatic carbocycles. The van der Waals surface area contributed by atoms with Gasteiger partial charge in [-0.15, -0.1) is 0 Å². The monoisotopic (exact) mass is 307 g/mol. The van der Waals surface area contributed by atoms with Crippen LogP contribution in [-0.2, 0) is 4.79 Å². The normalized spacial score (nSPS) is 18.1. The molecule has 4 heteroatoms. The highest BCUT2D eigenvalue weighted by Gasteiger charge is 2.24. The lowest BCUT2D eigenvalue weighted by molar-refractivity contribution is -0.126. The molecule has 3 rings (SSSR count). The zero-order valence-corrected chi connectivity index (χ0v) is 11.6. The zero-order valence-electron chi connectivity index (χ0n) is 9.99. The maximum Gasteiger partial charge on any atom is 0.253 e. The number of halogens is 1. The molecule has 2 heterocycles. The first-order valence-electron chi connectivity index (χ1n) is 6.16. The Labute approximate surface area is 115 Å². The molecule has 0 aliphatic carbocycles. The molecule has 0 aromatic heterocycles. The highest BCUT2D eigenvalue weighted by atomic mass is 79.9. The molecule has 0 radical (unpaired) electrons. The number of carbonyl (C=O) groups excluding carboxylic acids is 1. The standard InChI is InChI=1S/C14H14BrNO2/c15-12-3-4-13-10(8-12)7-11(9-18-13)14(17)16-5-1-2-6-16/h3-4,7-8H,1-2,5-6,9H2. The molecule has 94 valence electrons. The topological polar surface area (TPSA) is 29.5 Å². The van der Waals surface area contributed by atoms with Crippen molar-refractivity contribution in [2.45, 2.75) is 12.8 Å². The molecule has 0 saturated carbocycles. The molecule has 3 nitrogen and oxygen atoms in total. The van der Waals surface area contributed by atoms with Gasteiger partial charge in [0.2, 0.25) is 0 Å². The molecule has 0 spiro atoms. The van der Waals surface area contributed by atoms with Crippen LogP contribution in [0, 0.1) is 0 Å². The van der Waals surface area contributed by atoms with Crippen molar-refractivity contribution in [2.24, 2.45) is 0 Å². The molecular formula is C14H14BrNO2. The van der Waals surface area contributed by atoms with Crippen molar-refractivity contribution < 1.29 is 9.53 Å². The largest absolute Gasteiger partial charge is 0.488 e. The van der Waals surface area contributed by atoms with E-state index in [1.165, 1.54) is 0 Å². The molecule has 18 heavy (non-hydrogen) atoms. The van der Waals surface area contributed by atoms with Gasteiger partial charge >= 0.3 is 0 Å². The van der Waals surface area contributed by atoms with Crippen molar-refractivity contribution in [1.29, 1.82) is 0 Å². The second-order valence-corrected chi connectivity index (χ2v) is 5.56. The van der Waals surface area contributed by atoms with Gasteiger partial charge in [0.05, 0.1) is 5.57 Å². The van der Waals surface area contributed by atoms with Crippen LogP contribution in [0.3, 0.4) is 0 Å². The number of hydrogen-bond acceptors (Lipinski definition) is 2. The summed E-state index contributed by atoms with van der Waals surface area (Å²) in [5.74, 6) is 0.967. The van der Waals surface area contributed by atoms with Crippen molar-refractivity contribution >= 4 is 27.9 Å². The predicted octanol–water partition coefficient (Wildman–Crippen LogP) is 2.85. The highest BCUT2D eigenvalue weighted by molar-refractivity contribution is 9.10. The summed E-state index contributed by atoms with van der Waals surface area (Å²) in [7, 11) is 0. The van der Waals surface area contributed by atoms with Crippen LogP contribution in [0.5, 0.6) is 5.75 Å². The van der Waals surface area contributed by atoms with E-state index in [4.69, 9.17) is 4.74 Å². The smallest absolute Gasteiger partial charge is 0.253 e. The van der Waals surface area contributed by atoms with E-state index in [1.54, 1.807) is 0 Å². The second kappa shape index (κ2) is 4.76. The second-order valence-electron chi connectivity index (χ2n) is 4.64. The lowest BCUT2D eigenvalue weighted by Gasteiger charge is -2.21. The van der Waals surface area contributed by atoms with Crippen LogP contribution < -0.4 is 4.74 Å². The Bertz CT molecular complexity index is 519. The lowest BCUT2D eigenvalue weighted by Crippen LogP contribution is -2.31. The molecule has 1 aromatic rings. The molecule has 0 bridgehead atoms. The van der Waals surface area contributed by atoms with Crippen LogP contribution in [0.25, 0.3) is 6.08 Å². The fourth-order valence-electron chi connectivity index (χ4n) is 2.40. The van der Waals surface area contributed by atoms with Crippen molar-refractivity contribution in [2.75, 3.05) is 19.7 Å². The summed E-state index contributed by atoms with van der Waals surface area (Å²) in [5.41, 5.74) is 1.72. The number of rotatable bonds is 1. The first kappa shape index (κ1) is 11.8. The molecule has 1 saturated heterocycles. The van der Waals surface area contributed by atoms with Crippen LogP contribution in [0.15, 0.2) is 28.2 Å². The fraction of sp³-hybridized carbons (Fsp3) is 0.357. The van der Waals surface area contributed by atoms with Gasteiger partial charge < -0.3 is 9.64 Å². The van der Waals surface area contributed by atoms with Crippen LogP contribution >= 0.6 is 15.9 Å². The van der Waals surface area contributed by atoms with Crippen LogP contribution in [0.2, 0.25) is 0 Å². The van der Waals surface area contributed by atoms with Crippen molar-refractivity contribution in [3.63, 3.8) is 0 Å². The van der Waals surface area contributed by atoms with E-state index in [-0.39, 0.29) is 5.91 Å². The Morgan fingerprint density at radius 2 is 2.06 bits per heavy atom. The summed E-state index contributed by atoms with van der Waals surface area (Å²) in [4.78, 5) is 14.2. The van der Waals surface area contributed by atoms with Gasteiger partial charge in [0, 0.05) is 23.1 Å². The first-order valence-corrected chi connectivity index (χ1v) is 6.95. The summed E-state index contributed by atoms with van der Waals surface area (Å²) in [6, 6.07) is 5.85.